The summed E-state index contributed by atoms with van der Waals surface area (Å²) in [5, 5.41) is 8.49. The Labute approximate surface area is 206 Å². The third-order valence-corrected chi connectivity index (χ3v) is 7.16. The minimum atomic E-state index is -0.0341. The van der Waals surface area contributed by atoms with E-state index in [0.717, 1.165) is 40.5 Å². The van der Waals surface area contributed by atoms with E-state index >= 15 is 0 Å². The molecule has 35 heavy (non-hydrogen) atoms. The molecule has 1 aliphatic rings. The number of nitrogens with one attached hydrogen (secondary N) is 1. The van der Waals surface area contributed by atoms with Crippen molar-refractivity contribution >= 4 is 28.7 Å². The SMILES string of the molecule is Cc1ccc2[nH]c(N3CCc4nc(SCc5ccnnc5)n(-c5ccccc5)c(=O)c4C3)nc2c1. The number of benzene rings is 2. The van der Waals surface area contributed by atoms with Gasteiger partial charge < -0.3 is 9.88 Å². The summed E-state index contributed by atoms with van der Waals surface area (Å²) in [6.07, 6.45) is 4.10. The van der Waals surface area contributed by atoms with Crippen molar-refractivity contribution < 1.29 is 0 Å². The number of aromatic amines is 1. The van der Waals surface area contributed by atoms with Gasteiger partial charge in [-0.15, -0.1) is 0 Å². The van der Waals surface area contributed by atoms with Crippen molar-refractivity contribution in [2.45, 2.75) is 30.8 Å². The normalized spacial score (nSPS) is 13.2. The Balaban J connectivity index is 1.38. The lowest BCUT2D eigenvalue weighted by atomic mass is 10.1. The molecule has 8 nitrogen and oxygen atoms in total. The topological polar surface area (TPSA) is 92.6 Å². The van der Waals surface area contributed by atoms with E-state index in [-0.39, 0.29) is 5.56 Å². The largest absolute Gasteiger partial charge is 0.337 e. The summed E-state index contributed by atoms with van der Waals surface area (Å²) >= 11 is 1.54. The molecule has 1 aliphatic heterocycles. The van der Waals surface area contributed by atoms with Crippen molar-refractivity contribution in [2.24, 2.45) is 0 Å². The summed E-state index contributed by atoms with van der Waals surface area (Å²) in [6, 6.07) is 17.8. The van der Waals surface area contributed by atoms with E-state index in [1.54, 1.807) is 17.0 Å². The minimum Gasteiger partial charge on any atom is -0.337 e. The zero-order valence-corrected chi connectivity index (χ0v) is 20.0. The predicted octanol–water partition coefficient (Wildman–Crippen LogP) is 4.06. The van der Waals surface area contributed by atoms with Crippen LogP contribution in [-0.2, 0) is 18.7 Å². The van der Waals surface area contributed by atoms with Gasteiger partial charge >= 0.3 is 0 Å². The van der Waals surface area contributed by atoms with E-state index in [0.29, 0.717) is 29.4 Å². The molecular weight excluding hydrogens is 458 g/mol. The Bertz CT molecular complexity index is 1560. The van der Waals surface area contributed by atoms with Crippen LogP contribution in [0.25, 0.3) is 16.7 Å². The maximum Gasteiger partial charge on any atom is 0.264 e. The minimum absolute atomic E-state index is 0.0341. The van der Waals surface area contributed by atoms with Gasteiger partial charge in [0, 0.05) is 24.9 Å². The number of rotatable bonds is 5. The fourth-order valence-corrected chi connectivity index (χ4v) is 5.30. The molecule has 9 heteroatoms. The number of thioether (sulfide) groups is 1. The molecule has 0 amide bonds. The standard InChI is InChI=1S/C26H23N7OS/c1-17-7-8-22-23(13-17)30-25(29-22)32-12-10-21-20(15-32)24(34)33(19-5-3-2-4-6-19)26(31-21)35-16-18-9-11-27-28-14-18/h2-9,11,13-14H,10,12,15-16H2,1H3,(H,29,30). The second-order valence-electron chi connectivity index (χ2n) is 8.59. The second kappa shape index (κ2) is 8.99. The number of aromatic nitrogens is 6. The van der Waals surface area contributed by atoms with Crippen molar-refractivity contribution in [3.05, 3.63) is 99.7 Å². The van der Waals surface area contributed by atoms with E-state index in [1.165, 1.54) is 17.3 Å². The van der Waals surface area contributed by atoms with Crippen LogP contribution in [0.15, 0.2) is 76.9 Å². The number of H-pyrrole nitrogens is 1. The fraction of sp³-hybridized carbons (Fsp3) is 0.192. The quantitative estimate of drug-likeness (QED) is 0.299. The van der Waals surface area contributed by atoms with Crippen LogP contribution in [0.2, 0.25) is 0 Å². The first-order valence-corrected chi connectivity index (χ1v) is 12.4. The zero-order valence-electron chi connectivity index (χ0n) is 19.2. The van der Waals surface area contributed by atoms with E-state index in [4.69, 9.17) is 9.97 Å². The lowest BCUT2D eigenvalue weighted by Crippen LogP contribution is -2.38. The number of hydrogen-bond acceptors (Lipinski definition) is 7. The first-order valence-electron chi connectivity index (χ1n) is 11.5. The molecule has 174 valence electrons. The molecular formula is C26H23N7OS. The number of aryl methyl sites for hydroxylation is 1. The van der Waals surface area contributed by atoms with Gasteiger partial charge in [-0.2, -0.15) is 10.2 Å². The first-order chi connectivity index (χ1) is 17.2. The average molecular weight is 482 g/mol. The zero-order chi connectivity index (χ0) is 23.8. The monoisotopic (exact) mass is 481 g/mol. The van der Waals surface area contributed by atoms with Crippen LogP contribution in [-0.4, -0.2) is 36.3 Å². The average Bonchev–Trinajstić information content (AvgIpc) is 3.32. The third kappa shape index (κ3) is 4.19. The maximum absolute atomic E-state index is 13.9. The summed E-state index contributed by atoms with van der Waals surface area (Å²) in [5.74, 6) is 1.43. The lowest BCUT2D eigenvalue weighted by molar-refractivity contribution is 0.644. The molecule has 5 aromatic rings. The molecule has 3 aromatic heterocycles. The third-order valence-electron chi connectivity index (χ3n) is 6.15. The Hall–Kier alpha value is -3.98. The summed E-state index contributed by atoms with van der Waals surface area (Å²) < 4.78 is 1.73. The predicted molar refractivity (Wildman–Crippen MR) is 137 cm³/mol. The fourth-order valence-electron chi connectivity index (χ4n) is 4.34. The van der Waals surface area contributed by atoms with Crippen LogP contribution in [0.5, 0.6) is 0 Å². The summed E-state index contributed by atoms with van der Waals surface area (Å²) in [4.78, 5) is 29.2. The van der Waals surface area contributed by atoms with Gasteiger partial charge in [0.05, 0.1) is 40.7 Å². The van der Waals surface area contributed by atoms with Gasteiger partial charge in [0.25, 0.3) is 5.56 Å². The molecule has 0 atom stereocenters. The van der Waals surface area contributed by atoms with Crippen LogP contribution in [0.1, 0.15) is 22.4 Å². The van der Waals surface area contributed by atoms with E-state index in [1.807, 2.05) is 42.5 Å². The number of imidazole rings is 1. The van der Waals surface area contributed by atoms with Crippen LogP contribution in [0, 0.1) is 6.92 Å². The van der Waals surface area contributed by atoms with Crippen LogP contribution in [0.4, 0.5) is 5.95 Å². The van der Waals surface area contributed by atoms with Crippen molar-refractivity contribution in [3.63, 3.8) is 0 Å². The molecule has 0 radical (unpaired) electrons. The van der Waals surface area contributed by atoms with Crippen LogP contribution >= 0.6 is 11.8 Å². The molecule has 0 aliphatic carbocycles. The molecule has 0 unspecified atom stereocenters. The Morgan fingerprint density at radius 1 is 1.06 bits per heavy atom. The Morgan fingerprint density at radius 2 is 1.94 bits per heavy atom. The van der Waals surface area contributed by atoms with Crippen molar-refractivity contribution in [3.8, 4) is 5.69 Å². The number of anilines is 1. The number of para-hydroxylation sites is 1. The van der Waals surface area contributed by atoms with E-state index in [9.17, 15) is 4.79 Å². The maximum atomic E-state index is 13.9. The van der Waals surface area contributed by atoms with E-state index in [2.05, 4.69) is 39.1 Å². The molecule has 0 saturated carbocycles. The van der Waals surface area contributed by atoms with Crippen molar-refractivity contribution in [2.75, 3.05) is 11.4 Å². The van der Waals surface area contributed by atoms with Gasteiger partial charge in [-0.3, -0.25) is 9.36 Å². The summed E-state index contributed by atoms with van der Waals surface area (Å²) in [7, 11) is 0. The number of fused-ring (bicyclic) bond motifs is 2. The van der Waals surface area contributed by atoms with Crippen molar-refractivity contribution in [1.29, 1.82) is 0 Å². The Kier molecular flexibility index (Phi) is 5.54. The molecule has 0 fully saturated rings. The highest BCUT2D eigenvalue weighted by molar-refractivity contribution is 7.98. The molecule has 1 N–H and O–H groups in total. The van der Waals surface area contributed by atoms with Gasteiger partial charge in [0.15, 0.2) is 5.16 Å². The molecule has 0 saturated heterocycles. The molecule has 0 spiro atoms. The molecule has 4 heterocycles. The highest BCUT2D eigenvalue weighted by atomic mass is 32.2. The lowest BCUT2D eigenvalue weighted by Gasteiger charge is -2.28. The van der Waals surface area contributed by atoms with Gasteiger partial charge in [-0.25, -0.2) is 9.97 Å². The summed E-state index contributed by atoms with van der Waals surface area (Å²) in [6.45, 7) is 3.27. The van der Waals surface area contributed by atoms with Gasteiger partial charge in [-0.1, -0.05) is 36.0 Å². The highest BCUT2D eigenvalue weighted by Gasteiger charge is 2.26. The highest BCUT2D eigenvalue weighted by Crippen LogP contribution is 2.27. The second-order valence-corrected chi connectivity index (χ2v) is 9.53. The molecule has 6 rings (SSSR count). The van der Waals surface area contributed by atoms with E-state index < -0.39 is 0 Å². The van der Waals surface area contributed by atoms with Gasteiger partial charge in [0.2, 0.25) is 5.95 Å². The van der Waals surface area contributed by atoms with Crippen LogP contribution in [0.3, 0.4) is 0 Å². The van der Waals surface area contributed by atoms with Crippen molar-refractivity contribution in [1.82, 2.24) is 29.7 Å². The smallest absolute Gasteiger partial charge is 0.264 e. The molecule has 2 aromatic carbocycles. The molecule has 0 bridgehead atoms. The van der Waals surface area contributed by atoms with Crippen LogP contribution < -0.4 is 10.5 Å². The van der Waals surface area contributed by atoms with Gasteiger partial charge in [0.1, 0.15) is 0 Å². The number of hydrogen-bond donors (Lipinski definition) is 1. The van der Waals surface area contributed by atoms with Gasteiger partial charge in [-0.05, 0) is 48.4 Å². The Morgan fingerprint density at radius 3 is 2.77 bits per heavy atom. The summed E-state index contributed by atoms with van der Waals surface area (Å²) in [5.41, 5.74) is 6.47. The first kappa shape index (κ1) is 21.5. The number of nitrogens with zero attached hydrogens (tertiary/aromatic N) is 6.